The maximum Gasteiger partial charge on any atom is 0.262 e. The molecule has 2 aliphatic heterocycles. The Morgan fingerprint density at radius 3 is 2.44 bits per heavy atom. The molecule has 7 nitrogen and oxygen atoms in total. The fourth-order valence-electron chi connectivity index (χ4n) is 3.52. The molecule has 4 rings (SSSR count). The number of aliphatic imine (C=N–C) groups is 1. The second kappa shape index (κ2) is 10.2. The number of nitrogens with one attached hydrogen (secondary N) is 2. The van der Waals surface area contributed by atoms with E-state index in [4.69, 9.17) is 11.6 Å². The number of hydrogen-bond acceptors (Lipinski definition) is 5. The first-order valence-electron chi connectivity index (χ1n) is 10.4. The van der Waals surface area contributed by atoms with Gasteiger partial charge in [-0.3, -0.25) is 14.4 Å². The maximum atomic E-state index is 12.4. The smallest absolute Gasteiger partial charge is 0.262 e. The summed E-state index contributed by atoms with van der Waals surface area (Å²) in [5, 5.41) is 6.54. The van der Waals surface area contributed by atoms with Crippen LogP contribution < -0.4 is 10.6 Å². The van der Waals surface area contributed by atoms with Gasteiger partial charge in [-0.2, -0.15) is 4.99 Å². The van der Waals surface area contributed by atoms with Crippen molar-refractivity contribution in [3.8, 4) is 0 Å². The van der Waals surface area contributed by atoms with Crippen molar-refractivity contribution >= 4 is 51.9 Å². The van der Waals surface area contributed by atoms with E-state index in [9.17, 15) is 14.4 Å². The van der Waals surface area contributed by atoms with Crippen molar-refractivity contribution < 1.29 is 14.4 Å². The van der Waals surface area contributed by atoms with E-state index < -0.39 is 5.25 Å². The van der Waals surface area contributed by atoms with Crippen molar-refractivity contribution in [2.75, 3.05) is 18.4 Å². The van der Waals surface area contributed by atoms with Crippen LogP contribution in [0.1, 0.15) is 35.2 Å². The number of carbonyl (C=O) groups is 3. The zero-order valence-corrected chi connectivity index (χ0v) is 18.9. The molecule has 1 saturated heterocycles. The van der Waals surface area contributed by atoms with Crippen LogP contribution in [0.5, 0.6) is 0 Å². The highest BCUT2D eigenvalue weighted by molar-refractivity contribution is 8.15. The Morgan fingerprint density at radius 1 is 1.06 bits per heavy atom. The first-order valence-corrected chi connectivity index (χ1v) is 11.7. The van der Waals surface area contributed by atoms with Crippen molar-refractivity contribution in [1.82, 2.24) is 10.2 Å². The van der Waals surface area contributed by atoms with Gasteiger partial charge in [0.25, 0.3) is 11.8 Å². The predicted octanol–water partition coefficient (Wildman–Crippen LogP) is 3.69. The molecule has 2 N–H and O–H groups in total. The molecule has 2 heterocycles. The number of carbonyl (C=O) groups excluding carboxylic acids is 3. The summed E-state index contributed by atoms with van der Waals surface area (Å²) < 4.78 is 0. The van der Waals surface area contributed by atoms with Crippen LogP contribution in [0.3, 0.4) is 0 Å². The average Bonchev–Trinajstić information content (AvgIpc) is 3.44. The monoisotopic (exact) mass is 470 g/mol. The molecule has 0 aliphatic carbocycles. The molecule has 1 fully saturated rings. The van der Waals surface area contributed by atoms with Crippen molar-refractivity contribution in [3.63, 3.8) is 0 Å². The van der Waals surface area contributed by atoms with Crippen LogP contribution in [0.4, 0.5) is 5.69 Å². The number of anilines is 1. The lowest BCUT2D eigenvalue weighted by Gasteiger charge is -2.16. The van der Waals surface area contributed by atoms with E-state index in [-0.39, 0.29) is 24.1 Å². The van der Waals surface area contributed by atoms with Gasteiger partial charge in [0.1, 0.15) is 5.25 Å². The second-order valence-corrected chi connectivity index (χ2v) is 9.28. The summed E-state index contributed by atoms with van der Waals surface area (Å²) in [6.45, 7) is 2.22. The molecule has 2 aliphatic rings. The Kier molecular flexibility index (Phi) is 7.12. The zero-order chi connectivity index (χ0) is 22.5. The first-order chi connectivity index (χ1) is 15.5. The number of rotatable bonds is 6. The molecule has 1 unspecified atom stereocenters. The molecule has 0 radical (unpaired) electrons. The summed E-state index contributed by atoms with van der Waals surface area (Å²) in [6.07, 6.45) is 2.27. The first kappa shape index (κ1) is 22.4. The van der Waals surface area contributed by atoms with Crippen LogP contribution in [0.25, 0.3) is 0 Å². The minimum Gasteiger partial charge on any atom is -0.351 e. The van der Waals surface area contributed by atoms with E-state index >= 15 is 0 Å². The second-order valence-electron chi connectivity index (χ2n) is 7.67. The molecule has 2 aromatic carbocycles. The molecular formula is C23H23ClN4O3S. The molecule has 32 heavy (non-hydrogen) atoms. The van der Waals surface area contributed by atoms with Gasteiger partial charge in [-0.05, 0) is 54.8 Å². The number of thioether (sulfide) groups is 1. The Hall–Kier alpha value is -2.84. The van der Waals surface area contributed by atoms with Crippen LogP contribution in [0, 0.1) is 0 Å². The summed E-state index contributed by atoms with van der Waals surface area (Å²) in [7, 11) is 0. The van der Waals surface area contributed by atoms with E-state index in [1.807, 2.05) is 12.1 Å². The topological polar surface area (TPSA) is 90.9 Å². The zero-order valence-electron chi connectivity index (χ0n) is 17.3. The molecule has 0 spiro atoms. The van der Waals surface area contributed by atoms with Crippen LogP contribution in [0.2, 0.25) is 5.02 Å². The van der Waals surface area contributed by atoms with Gasteiger partial charge in [0.15, 0.2) is 5.17 Å². The van der Waals surface area contributed by atoms with Gasteiger partial charge in [0, 0.05) is 42.3 Å². The Labute approximate surface area is 195 Å². The number of amidine groups is 1. The van der Waals surface area contributed by atoms with Gasteiger partial charge < -0.3 is 15.5 Å². The number of halogens is 1. The predicted molar refractivity (Wildman–Crippen MR) is 127 cm³/mol. The van der Waals surface area contributed by atoms with Gasteiger partial charge in [-0.25, -0.2) is 0 Å². The summed E-state index contributed by atoms with van der Waals surface area (Å²) in [5.41, 5.74) is 2.00. The largest absolute Gasteiger partial charge is 0.351 e. The van der Waals surface area contributed by atoms with Crippen molar-refractivity contribution in [3.05, 3.63) is 64.7 Å². The lowest BCUT2D eigenvalue weighted by atomic mass is 10.1. The van der Waals surface area contributed by atoms with Crippen molar-refractivity contribution in [2.45, 2.75) is 31.1 Å². The normalized spacial score (nSPS) is 17.9. The maximum absolute atomic E-state index is 12.4. The highest BCUT2D eigenvalue weighted by Gasteiger charge is 2.33. The van der Waals surface area contributed by atoms with Crippen molar-refractivity contribution in [1.29, 1.82) is 0 Å². The molecule has 0 bridgehead atoms. The van der Waals surface area contributed by atoms with E-state index in [1.54, 1.807) is 36.4 Å². The molecule has 2 aromatic rings. The van der Waals surface area contributed by atoms with Gasteiger partial charge >= 0.3 is 0 Å². The van der Waals surface area contributed by atoms with E-state index in [1.165, 1.54) is 11.8 Å². The van der Waals surface area contributed by atoms with Gasteiger partial charge in [-0.1, -0.05) is 35.5 Å². The Morgan fingerprint density at radius 2 is 1.75 bits per heavy atom. The number of benzene rings is 2. The van der Waals surface area contributed by atoms with E-state index in [0.29, 0.717) is 22.8 Å². The fraction of sp³-hybridized carbons (Fsp3) is 0.304. The molecule has 0 aromatic heterocycles. The Bertz CT molecular complexity index is 1030. The lowest BCUT2D eigenvalue weighted by Crippen LogP contribution is -2.25. The molecule has 0 saturated carbocycles. The third-order valence-electron chi connectivity index (χ3n) is 5.27. The number of hydrogen-bond donors (Lipinski definition) is 2. The molecule has 166 valence electrons. The van der Waals surface area contributed by atoms with E-state index in [0.717, 1.165) is 36.7 Å². The molecule has 3 amide bonds. The molecular weight excluding hydrogens is 448 g/mol. The third kappa shape index (κ3) is 5.69. The van der Waals surface area contributed by atoms with Crippen LogP contribution in [0.15, 0.2) is 53.5 Å². The fourth-order valence-corrected chi connectivity index (χ4v) is 4.77. The summed E-state index contributed by atoms with van der Waals surface area (Å²) in [6, 6.07) is 13.9. The number of nitrogens with zero attached hydrogens (tertiary/aromatic N) is 2. The minimum absolute atomic E-state index is 0.0632. The van der Waals surface area contributed by atoms with Crippen molar-refractivity contribution in [2.24, 2.45) is 4.99 Å². The third-order valence-corrected chi connectivity index (χ3v) is 6.74. The summed E-state index contributed by atoms with van der Waals surface area (Å²) in [4.78, 5) is 43.2. The van der Waals surface area contributed by atoms with Gasteiger partial charge in [-0.15, -0.1) is 0 Å². The summed E-state index contributed by atoms with van der Waals surface area (Å²) >= 11 is 7.24. The SMILES string of the molecule is O=C(CC1SC(N2CCCC2)=NC1=O)Nc1ccc(C(=O)NCc2ccc(Cl)cc2)cc1. The lowest BCUT2D eigenvalue weighted by molar-refractivity contribution is -0.121. The van der Waals surface area contributed by atoms with E-state index in [2.05, 4.69) is 20.5 Å². The van der Waals surface area contributed by atoms with Gasteiger partial charge in [0.2, 0.25) is 5.91 Å². The average molecular weight is 471 g/mol. The number of likely N-dealkylation sites (tertiary alicyclic amines) is 1. The van der Waals surface area contributed by atoms with Crippen LogP contribution in [-0.2, 0) is 16.1 Å². The van der Waals surface area contributed by atoms with Crippen LogP contribution in [-0.4, -0.2) is 46.1 Å². The Balaban J connectivity index is 1.25. The summed E-state index contributed by atoms with van der Waals surface area (Å²) in [5.74, 6) is -0.717. The van der Waals surface area contributed by atoms with Crippen LogP contribution >= 0.6 is 23.4 Å². The number of amides is 3. The quantitative estimate of drug-likeness (QED) is 0.671. The molecule has 1 atom stereocenters. The minimum atomic E-state index is -0.483. The van der Waals surface area contributed by atoms with Gasteiger partial charge in [0.05, 0.1) is 0 Å². The highest BCUT2D eigenvalue weighted by Crippen LogP contribution is 2.29. The standard InChI is InChI=1S/C23H23ClN4O3S/c24-17-7-3-15(4-8-17)14-25-21(30)16-5-9-18(10-6-16)26-20(29)13-19-22(31)27-23(32-19)28-11-1-2-12-28/h3-10,19H,1-2,11-14H2,(H,25,30)(H,26,29). The highest BCUT2D eigenvalue weighted by atomic mass is 35.5. The molecule has 9 heteroatoms.